The number of nitrogens with one attached hydrogen (secondary N) is 3. The van der Waals surface area contributed by atoms with Gasteiger partial charge in [0.1, 0.15) is 6.04 Å². The van der Waals surface area contributed by atoms with Gasteiger partial charge < -0.3 is 15.4 Å². The monoisotopic (exact) mass is 413 g/mol. The summed E-state index contributed by atoms with van der Waals surface area (Å²) in [6.07, 6.45) is -1.07. The van der Waals surface area contributed by atoms with Crippen LogP contribution >= 0.6 is 0 Å². The molecule has 10 heteroatoms. The lowest BCUT2D eigenvalue weighted by Gasteiger charge is -2.24. The third-order valence-electron chi connectivity index (χ3n) is 3.33. The second kappa shape index (κ2) is 9.16. The topological polar surface area (TPSA) is 131 Å². The first-order valence-corrected chi connectivity index (χ1v) is 10.1. The maximum atomic E-state index is 12.4. The number of rotatable bonds is 7. The summed E-state index contributed by atoms with van der Waals surface area (Å²) in [5.74, 6) is -1.64. The molecule has 0 aliphatic carbocycles. The molecule has 0 heterocycles. The summed E-state index contributed by atoms with van der Waals surface area (Å²) in [6.45, 7) is 9.41. The van der Waals surface area contributed by atoms with E-state index < -0.39 is 39.6 Å². The molecule has 2 amide bonds. The zero-order valence-corrected chi connectivity index (χ0v) is 17.6. The van der Waals surface area contributed by atoms with Gasteiger partial charge in [-0.2, -0.15) is 4.72 Å². The van der Waals surface area contributed by atoms with E-state index in [4.69, 9.17) is 4.74 Å². The van der Waals surface area contributed by atoms with Crippen molar-refractivity contribution in [3.8, 4) is 0 Å². The second-order valence-electron chi connectivity index (χ2n) is 7.37. The fraction of sp³-hybridized carbons (Fsp3) is 0.500. The van der Waals surface area contributed by atoms with Crippen LogP contribution in [-0.2, 0) is 29.1 Å². The average Bonchev–Trinajstić information content (AvgIpc) is 2.52. The molecule has 1 rings (SSSR count). The van der Waals surface area contributed by atoms with E-state index in [0.717, 1.165) is 0 Å². The van der Waals surface area contributed by atoms with Crippen LogP contribution in [0.15, 0.2) is 29.2 Å². The molecule has 0 fully saturated rings. The van der Waals surface area contributed by atoms with Gasteiger partial charge >= 0.3 is 5.97 Å². The summed E-state index contributed by atoms with van der Waals surface area (Å²) in [4.78, 5) is 35.0. The zero-order valence-electron chi connectivity index (χ0n) is 16.8. The number of sulfonamides is 1. The van der Waals surface area contributed by atoms with E-state index >= 15 is 0 Å². The number of esters is 1. The molecule has 0 saturated heterocycles. The van der Waals surface area contributed by atoms with Crippen molar-refractivity contribution in [2.75, 3.05) is 5.32 Å². The van der Waals surface area contributed by atoms with E-state index in [-0.39, 0.29) is 10.8 Å². The van der Waals surface area contributed by atoms with Gasteiger partial charge in [0.2, 0.25) is 15.9 Å². The van der Waals surface area contributed by atoms with Crippen molar-refractivity contribution in [3.05, 3.63) is 24.3 Å². The molecule has 1 aromatic carbocycles. The Morgan fingerprint density at radius 3 is 2.04 bits per heavy atom. The van der Waals surface area contributed by atoms with Gasteiger partial charge in [-0.05, 0) is 58.9 Å². The quantitative estimate of drug-likeness (QED) is 0.575. The summed E-state index contributed by atoms with van der Waals surface area (Å²) < 4.78 is 32.0. The molecule has 0 aliphatic rings. The van der Waals surface area contributed by atoms with Gasteiger partial charge in [-0.3, -0.25) is 14.4 Å². The first kappa shape index (κ1) is 23.6. The van der Waals surface area contributed by atoms with Gasteiger partial charge in [0, 0.05) is 18.2 Å². The molecular weight excluding hydrogens is 386 g/mol. The molecule has 0 unspecified atom stereocenters. The summed E-state index contributed by atoms with van der Waals surface area (Å²) in [5.41, 5.74) is -0.0495. The van der Waals surface area contributed by atoms with Crippen LogP contribution in [0.25, 0.3) is 0 Å². The maximum Gasteiger partial charge on any atom is 0.324 e. The molecule has 0 saturated carbocycles. The van der Waals surface area contributed by atoms with Crippen LogP contribution in [0.2, 0.25) is 0 Å². The lowest BCUT2D eigenvalue weighted by Crippen LogP contribution is -2.48. The number of benzene rings is 1. The molecule has 0 bridgehead atoms. The Hall–Kier alpha value is -2.46. The summed E-state index contributed by atoms with van der Waals surface area (Å²) in [5, 5.41) is 5.20. The summed E-state index contributed by atoms with van der Waals surface area (Å²) in [7, 11) is -4.00. The predicted octanol–water partition coefficient (Wildman–Crippen LogP) is 1.16. The van der Waals surface area contributed by atoms with Crippen LogP contribution in [0.4, 0.5) is 5.69 Å². The van der Waals surface area contributed by atoms with Gasteiger partial charge in [0.15, 0.2) is 6.10 Å². The Labute approximate surface area is 165 Å². The fourth-order valence-electron chi connectivity index (χ4n) is 2.07. The molecule has 0 aromatic heterocycles. The molecule has 9 nitrogen and oxygen atoms in total. The Bertz CT molecular complexity index is 828. The number of hydrogen-bond acceptors (Lipinski definition) is 6. The van der Waals surface area contributed by atoms with Gasteiger partial charge in [-0.25, -0.2) is 8.42 Å². The minimum Gasteiger partial charge on any atom is -0.451 e. The van der Waals surface area contributed by atoms with Crippen molar-refractivity contribution in [2.24, 2.45) is 0 Å². The number of anilines is 1. The Morgan fingerprint density at radius 1 is 1.04 bits per heavy atom. The number of carbonyl (C=O) groups is 3. The lowest BCUT2D eigenvalue weighted by molar-refractivity contribution is -0.156. The van der Waals surface area contributed by atoms with E-state index in [1.165, 1.54) is 45.0 Å². The van der Waals surface area contributed by atoms with Crippen molar-refractivity contribution in [1.82, 2.24) is 10.0 Å². The highest BCUT2D eigenvalue weighted by molar-refractivity contribution is 7.89. The summed E-state index contributed by atoms with van der Waals surface area (Å²) >= 11 is 0. The fourth-order valence-corrected chi connectivity index (χ4v) is 3.26. The standard InChI is InChI=1S/C18H27N3O6S/c1-11(17(24)27-12(2)16(23)20-18(4,5)6)21-28(25,26)15-9-7-14(8-10-15)19-13(3)22/h7-12,21H,1-6H3,(H,19,22)(H,20,23)/t11-,12+/m0/s1. The van der Waals surface area contributed by atoms with Crippen molar-refractivity contribution in [3.63, 3.8) is 0 Å². The third-order valence-corrected chi connectivity index (χ3v) is 4.89. The van der Waals surface area contributed by atoms with Gasteiger partial charge in [0.05, 0.1) is 4.90 Å². The second-order valence-corrected chi connectivity index (χ2v) is 9.08. The van der Waals surface area contributed by atoms with E-state index in [9.17, 15) is 22.8 Å². The SMILES string of the molecule is CC(=O)Nc1ccc(S(=O)(=O)N[C@@H](C)C(=O)O[C@H](C)C(=O)NC(C)(C)C)cc1. The third kappa shape index (κ3) is 7.65. The molecule has 28 heavy (non-hydrogen) atoms. The molecule has 2 atom stereocenters. The van der Waals surface area contributed by atoms with Crippen LogP contribution in [0.3, 0.4) is 0 Å². The van der Waals surface area contributed by atoms with Crippen LogP contribution in [0.5, 0.6) is 0 Å². The highest BCUT2D eigenvalue weighted by atomic mass is 32.2. The van der Waals surface area contributed by atoms with Crippen molar-refractivity contribution in [1.29, 1.82) is 0 Å². The molecular formula is C18H27N3O6S. The maximum absolute atomic E-state index is 12.4. The highest BCUT2D eigenvalue weighted by Gasteiger charge is 2.27. The normalized spacial score (nSPS) is 13.9. The van der Waals surface area contributed by atoms with E-state index in [2.05, 4.69) is 15.4 Å². The molecule has 0 radical (unpaired) electrons. The van der Waals surface area contributed by atoms with Crippen LogP contribution < -0.4 is 15.4 Å². The first-order valence-electron chi connectivity index (χ1n) is 8.64. The Balaban J connectivity index is 2.74. The highest BCUT2D eigenvalue weighted by Crippen LogP contribution is 2.14. The van der Waals surface area contributed by atoms with Crippen molar-refractivity contribution >= 4 is 33.5 Å². The zero-order chi connectivity index (χ0) is 21.7. The Kier molecular flexibility index (Phi) is 7.71. The smallest absolute Gasteiger partial charge is 0.324 e. The van der Waals surface area contributed by atoms with Gasteiger partial charge in [-0.15, -0.1) is 0 Å². The molecule has 0 spiro atoms. The van der Waals surface area contributed by atoms with Crippen LogP contribution in [0.1, 0.15) is 41.5 Å². The largest absolute Gasteiger partial charge is 0.451 e. The molecule has 156 valence electrons. The number of amides is 2. The summed E-state index contributed by atoms with van der Waals surface area (Å²) in [6, 6.07) is 4.25. The Morgan fingerprint density at radius 2 is 1.57 bits per heavy atom. The number of carbonyl (C=O) groups excluding carboxylic acids is 3. The van der Waals surface area contributed by atoms with Crippen LogP contribution in [-0.4, -0.2) is 43.9 Å². The van der Waals surface area contributed by atoms with Crippen molar-refractivity contribution < 1.29 is 27.5 Å². The number of hydrogen-bond donors (Lipinski definition) is 3. The molecule has 1 aromatic rings. The van der Waals surface area contributed by atoms with Gasteiger partial charge in [0.25, 0.3) is 5.91 Å². The molecule has 0 aliphatic heterocycles. The van der Waals surface area contributed by atoms with Crippen LogP contribution in [0, 0.1) is 0 Å². The average molecular weight is 413 g/mol. The van der Waals surface area contributed by atoms with E-state index in [1.807, 2.05) is 0 Å². The van der Waals surface area contributed by atoms with E-state index in [1.54, 1.807) is 20.8 Å². The van der Waals surface area contributed by atoms with Gasteiger partial charge in [-0.1, -0.05) is 0 Å². The van der Waals surface area contributed by atoms with E-state index in [0.29, 0.717) is 5.69 Å². The number of ether oxygens (including phenoxy) is 1. The minimum atomic E-state index is -4.00. The minimum absolute atomic E-state index is 0.0835. The predicted molar refractivity (Wildman–Crippen MR) is 104 cm³/mol. The molecule has 3 N–H and O–H groups in total. The van der Waals surface area contributed by atoms with Crippen molar-refractivity contribution in [2.45, 2.75) is 64.1 Å². The lowest BCUT2D eigenvalue weighted by atomic mass is 10.1. The first-order chi connectivity index (χ1) is 12.7.